The van der Waals surface area contributed by atoms with Gasteiger partial charge >= 0.3 is 0 Å². The molecule has 0 fully saturated rings. The molecule has 1 N–H and O–H groups in total. The molecular formula is C9H17N3. The summed E-state index contributed by atoms with van der Waals surface area (Å²) in [4.78, 5) is 0. The molecular weight excluding hydrogens is 150 g/mol. The Morgan fingerprint density at radius 3 is 2.83 bits per heavy atom. The van der Waals surface area contributed by atoms with Gasteiger partial charge in [0, 0.05) is 18.4 Å². The highest BCUT2D eigenvalue weighted by molar-refractivity contribution is 4.79. The van der Waals surface area contributed by atoms with Crippen molar-refractivity contribution in [2.24, 2.45) is 0 Å². The molecule has 0 aliphatic heterocycles. The van der Waals surface area contributed by atoms with Crippen LogP contribution in [0.1, 0.15) is 20.3 Å². The minimum atomic E-state index is 0.551. The molecule has 0 saturated carbocycles. The third-order valence-corrected chi connectivity index (χ3v) is 1.95. The molecule has 0 saturated heterocycles. The zero-order chi connectivity index (χ0) is 8.81. The van der Waals surface area contributed by atoms with E-state index >= 15 is 0 Å². The van der Waals surface area contributed by atoms with Crippen molar-refractivity contribution in [2.75, 3.05) is 6.54 Å². The van der Waals surface area contributed by atoms with Crippen molar-refractivity contribution >= 4 is 0 Å². The van der Waals surface area contributed by atoms with Crippen molar-refractivity contribution in [3.05, 3.63) is 18.5 Å². The van der Waals surface area contributed by atoms with Gasteiger partial charge in [0.25, 0.3) is 0 Å². The number of aromatic nitrogens is 2. The van der Waals surface area contributed by atoms with E-state index in [2.05, 4.69) is 24.3 Å². The molecule has 12 heavy (non-hydrogen) atoms. The maximum atomic E-state index is 4.16. The molecule has 1 rings (SSSR count). The van der Waals surface area contributed by atoms with Crippen molar-refractivity contribution in [3.8, 4) is 0 Å². The fourth-order valence-corrected chi connectivity index (χ4v) is 1.26. The minimum absolute atomic E-state index is 0.551. The Hall–Kier alpha value is -0.830. The molecule has 0 aliphatic carbocycles. The maximum absolute atomic E-state index is 4.16. The predicted octanol–water partition coefficient (Wildman–Crippen LogP) is 1.27. The van der Waals surface area contributed by atoms with E-state index in [0.717, 1.165) is 19.5 Å². The van der Waals surface area contributed by atoms with E-state index in [1.165, 1.54) is 0 Å². The zero-order valence-electron chi connectivity index (χ0n) is 7.83. The lowest BCUT2D eigenvalue weighted by Crippen LogP contribution is -2.32. The minimum Gasteiger partial charge on any atom is -0.312 e. The summed E-state index contributed by atoms with van der Waals surface area (Å²) in [6.07, 6.45) is 4.96. The second kappa shape index (κ2) is 4.93. The van der Waals surface area contributed by atoms with Gasteiger partial charge < -0.3 is 5.32 Å². The number of likely N-dealkylation sites (N-methyl/N-ethyl adjacent to an activating group) is 1. The van der Waals surface area contributed by atoms with Gasteiger partial charge in [-0.2, -0.15) is 5.10 Å². The van der Waals surface area contributed by atoms with Crippen LogP contribution in [0.25, 0.3) is 0 Å². The van der Waals surface area contributed by atoms with Crippen LogP contribution >= 0.6 is 0 Å². The average Bonchev–Trinajstić information content (AvgIpc) is 2.56. The van der Waals surface area contributed by atoms with Crippen LogP contribution in [0, 0.1) is 0 Å². The average molecular weight is 167 g/mol. The van der Waals surface area contributed by atoms with E-state index < -0.39 is 0 Å². The molecule has 1 aromatic heterocycles. The van der Waals surface area contributed by atoms with E-state index in [4.69, 9.17) is 0 Å². The highest BCUT2D eigenvalue weighted by atomic mass is 15.3. The van der Waals surface area contributed by atoms with Crippen molar-refractivity contribution in [1.29, 1.82) is 0 Å². The molecule has 1 unspecified atom stereocenters. The smallest absolute Gasteiger partial charge is 0.0562 e. The molecule has 1 heterocycles. The lowest BCUT2D eigenvalue weighted by atomic mass is 10.2. The second-order valence-corrected chi connectivity index (χ2v) is 2.89. The highest BCUT2D eigenvalue weighted by Crippen LogP contribution is 1.95. The Labute approximate surface area is 73.8 Å². The SMILES string of the molecule is CCNC(CC)Cn1cccn1. The number of hydrogen-bond donors (Lipinski definition) is 1. The number of hydrogen-bond acceptors (Lipinski definition) is 2. The fourth-order valence-electron chi connectivity index (χ4n) is 1.26. The number of rotatable bonds is 5. The van der Waals surface area contributed by atoms with E-state index in [1.54, 1.807) is 0 Å². The van der Waals surface area contributed by atoms with Crippen molar-refractivity contribution in [3.63, 3.8) is 0 Å². The largest absolute Gasteiger partial charge is 0.312 e. The van der Waals surface area contributed by atoms with E-state index in [9.17, 15) is 0 Å². The predicted molar refractivity (Wildman–Crippen MR) is 50.0 cm³/mol. The maximum Gasteiger partial charge on any atom is 0.0562 e. The highest BCUT2D eigenvalue weighted by Gasteiger charge is 2.03. The first-order valence-corrected chi connectivity index (χ1v) is 4.57. The first-order valence-electron chi connectivity index (χ1n) is 4.57. The van der Waals surface area contributed by atoms with Gasteiger partial charge in [-0.1, -0.05) is 13.8 Å². The second-order valence-electron chi connectivity index (χ2n) is 2.89. The molecule has 0 aliphatic rings. The van der Waals surface area contributed by atoms with Crippen LogP contribution in [-0.4, -0.2) is 22.4 Å². The van der Waals surface area contributed by atoms with Gasteiger partial charge in [-0.05, 0) is 19.0 Å². The monoisotopic (exact) mass is 167 g/mol. The Morgan fingerprint density at radius 2 is 2.33 bits per heavy atom. The molecule has 0 bridgehead atoms. The summed E-state index contributed by atoms with van der Waals surface area (Å²) in [5, 5.41) is 7.57. The molecule has 0 radical (unpaired) electrons. The third-order valence-electron chi connectivity index (χ3n) is 1.95. The van der Waals surface area contributed by atoms with Gasteiger partial charge in [0.05, 0.1) is 6.54 Å². The van der Waals surface area contributed by atoms with E-state index in [1.807, 2.05) is 23.1 Å². The van der Waals surface area contributed by atoms with Gasteiger partial charge in [-0.25, -0.2) is 0 Å². The summed E-state index contributed by atoms with van der Waals surface area (Å²) in [5.41, 5.74) is 0. The Balaban J connectivity index is 2.37. The van der Waals surface area contributed by atoms with Crippen LogP contribution in [-0.2, 0) is 6.54 Å². The normalized spacial score (nSPS) is 13.2. The van der Waals surface area contributed by atoms with Gasteiger partial charge in [0.2, 0.25) is 0 Å². The van der Waals surface area contributed by atoms with Crippen molar-refractivity contribution < 1.29 is 0 Å². The molecule has 1 aromatic rings. The quantitative estimate of drug-likeness (QED) is 0.715. The Morgan fingerprint density at radius 1 is 1.50 bits per heavy atom. The van der Waals surface area contributed by atoms with Crippen LogP contribution in [0.15, 0.2) is 18.5 Å². The van der Waals surface area contributed by atoms with Crippen LogP contribution in [0.4, 0.5) is 0 Å². The van der Waals surface area contributed by atoms with Crippen LogP contribution in [0.3, 0.4) is 0 Å². The van der Waals surface area contributed by atoms with E-state index in [0.29, 0.717) is 6.04 Å². The first kappa shape index (κ1) is 9.26. The van der Waals surface area contributed by atoms with Crippen molar-refractivity contribution in [2.45, 2.75) is 32.9 Å². The summed E-state index contributed by atoms with van der Waals surface area (Å²) < 4.78 is 1.97. The van der Waals surface area contributed by atoms with Gasteiger partial charge in [0.15, 0.2) is 0 Å². The molecule has 68 valence electrons. The van der Waals surface area contributed by atoms with Crippen LogP contribution in [0.2, 0.25) is 0 Å². The van der Waals surface area contributed by atoms with E-state index in [-0.39, 0.29) is 0 Å². The molecule has 1 atom stereocenters. The zero-order valence-corrected chi connectivity index (χ0v) is 7.83. The molecule has 0 amide bonds. The van der Waals surface area contributed by atoms with Gasteiger partial charge in [-0.3, -0.25) is 4.68 Å². The Kier molecular flexibility index (Phi) is 3.80. The van der Waals surface area contributed by atoms with Crippen LogP contribution < -0.4 is 5.32 Å². The van der Waals surface area contributed by atoms with Crippen LogP contribution in [0.5, 0.6) is 0 Å². The van der Waals surface area contributed by atoms with Crippen molar-refractivity contribution in [1.82, 2.24) is 15.1 Å². The summed E-state index contributed by atoms with van der Waals surface area (Å²) in [6.45, 7) is 6.32. The number of nitrogens with zero attached hydrogens (tertiary/aromatic N) is 2. The van der Waals surface area contributed by atoms with Gasteiger partial charge in [-0.15, -0.1) is 0 Å². The third kappa shape index (κ3) is 2.66. The Bertz CT molecular complexity index is 194. The lowest BCUT2D eigenvalue weighted by Gasteiger charge is -2.15. The molecule has 0 spiro atoms. The molecule has 3 heteroatoms. The summed E-state index contributed by atoms with van der Waals surface area (Å²) in [5.74, 6) is 0. The lowest BCUT2D eigenvalue weighted by molar-refractivity contribution is 0.424. The van der Waals surface area contributed by atoms with Gasteiger partial charge in [0.1, 0.15) is 0 Å². The summed E-state index contributed by atoms with van der Waals surface area (Å²) in [6, 6.07) is 2.51. The summed E-state index contributed by atoms with van der Waals surface area (Å²) in [7, 11) is 0. The number of nitrogens with one attached hydrogen (secondary N) is 1. The fraction of sp³-hybridized carbons (Fsp3) is 0.667. The molecule has 3 nitrogen and oxygen atoms in total. The first-order chi connectivity index (χ1) is 5.86. The standard InChI is InChI=1S/C9H17N3/c1-3-9(10-4-2)8-12-7-5-6-11-12/h5-7,9-10H,3-4,8H2,1-2H3. The summed E-state index contributed by atoms with van der Waals surface area (Å²) >= 11 is 0. The topological polar surface area (TPSA) is 29.9 Å². The molecule has 0 aromatic carbocycles.